The van der Waals surface area contributed by atoms with Gasteiger partial charge in [-0.2, -0.15) is 0 Å². The third-order valence-electron chi connectivity index (χ3n) is 4.66. The highest BCUT2D eigenvalue weighted by atomic mass is 32.2. The van der Waals surface area contributed by atoms with Gasteiger partial charge in [-0.25, -0.2) is 12.7 Å². The molecule has 2 aromatic carbocycles. The number of carbonyl (C=O) groups excluding carboxylic acids is 1. The van der Waals surface area contributed by atoms with Gasteiger partial charge in [0.25, 0.3) is 0 Å². The van der Waals surface area contributed by atoms with Crippen molar-refractivity contribution in [3.8, 4) is 0 Å². The maximum atomic E-state index is 12.7. The second-order valence-electron chi connectivity index (χ2n) is 6.53. The summed E-state index contributed by atoms with van der Waals surface area (Å²) in [5, 5.41) is 5.05. The first-order valence-corrected chi connectivity index (χ1v) is 10.4. The summed E-state index contributed by atoms with van der Waals surface area (Å²) in [5.41, 5.74) is 0.775. The van der Waals surface area contributed by atoms with Crippen LogP contribution in [0, 0.1) is 5.92 Å². The average Bonchev–Trinajstić information content (AvgIpc) is 2.62. The van der Waals surface area contributed by atoms with Crippen molar-refractivity contribution in [3.63, 3.8) is 0 Å². The largest absolute Gasteiger partial charge is 0.325 e. The van der Waals surface area contributed by atoms with Gasteiger partial charge >= 0.3 is 0 Å². The molecule has 5 nitrogen and oxygen atoms in total. The molecular formula is C19H24N2O3S. The number of carbonyl (C=O) groups is 1. The number of fused-ring (bicyclic) bond motifs is 1. The number of rotatable bonds is 5. The van der Waals surface area contributed by atoms with Crippen molar-refractivity contribution < 1.29 is 13.2 Å². The highest BCUT2D eigenvalue weighted by Crippen LogP contribution is 2.26. The van der Waals surface area contributed by atoms with Gasteiger partial charge in [-0.1, -0.05) is 43.3 Å². The van der Waals surface area contributed by atoms with E-state index in [1.807, 2.05) is 49.4 Å². The smallest absolute Gasteiger partial charge is 0.228 e. The molecule has 0 bridgehead atoms. The third kappa shape index (κ3) is 4.02. The molecule has 2 aromatic rings. The summed E-state index contributed by atoms with van der Waals surface area (Å²) in [6, 6.07) is 13.7. The van der Waals surface area contributed by atoms with Gasteiger partial charge in [0.05, 0.1) is 11.7 Å². The van der Waals surface area contributed by atoms with Crippen LogP contribution in [0.4, 0.5) is 5.69 Å². The summed E-state index contributed by atoms with van der Waals surface area (Å²) in [6.07, 6.45) is 2.02. The molecule has 1 aliphatic heterocycles. The Labute approximate surface area is 149 Å². The number of nitrogens with one attached hydrogen (secondary N) is 1. The molecule has 6 heteroatoms. The molecular weight excluding hydrogens is 336 g/mol. The Balaban J connectivity index is 1.74. The first kappa shape index (κ1) is 17.9. The topological polar surface area (TPSA) is 66.5 Å². The van der Waals surface area contributed by atoms with Gasteiger partial charge in [0.15, 0.2) is 0 Å². The molecule has 134 valence electrons. The minimum Gasteiger partial charge on any atom is -0.325 e. The van der Waals surface area contributed by atoms with Gasteiger partial charge in [-0.15, -0.1) is 0 Å². The number of benzene rings is 2. The number of sulfonamides is 1. The van der Waals surface area contributed by atoms with Crippen LogP contribution in [0.2, 0.25) is 0 Å². The first-order valence-electron chi connectivity index (χ1n) is 8.77. The van der Waals surface area contributed by atoms with E-state index in [9.17, 15) is 13.2 Å². The lowest BCUT2D eigenvalue weighted by atomic mass is 9.98. The SMILES string of the molecule is CCCS(=O)(=O)N1CCCC(C(=O)Nc2cccc3ccccc23)C1. The summed E-state index contributed by atoms with van der Waals surface area (Å²) in [6.45, 7) is 2.64. The molecule has 1 fully saturated rings. The Morgan fingerprint density at radius 1 is 1.20 bits per heavy atom. The van der Waals surface area contributed by atoms with E-state index in [4.69, 9.17) is 0 Å². The molecule has 0 aliphatic carbocycles. The fourth-order valence-electron chi connectivity index (χ4n) is 3.37. The summed E-state index contributed by atoms with van der Waals surface area (Å²) in [5.74, 6) is -0.267. The second-order valence-corrected chi connectivity index (χ2v) is 8.62. The summed E-state index contributed by atoms with van der Waals surface area (Å²) >= 11 is 0. The molecule has 1 atom stereocenters. The fourth-order valence-corrected chi connectivity index (χ4v) is 4.95. The standard InChI is InChI=1S/C19H24N2O3S/c1-2-13-25(23,24)21-12-6-9-16(14-21)19(22)20-18-11-5-8-15-7-3-4-10-17(15)18/h3-5,7-8,10-11,16H,2,6,9,12-14H2,1H3,(H,20,22). The Kier molecular flexibility index (Phi) is 5.39. The van der Waals surface area contributed by atoms with Gasteiger partial charge in [-0.05, 0) is 30.7 Å². The van der Waals surface area contributed by atoms with E-state index in [1.54, 1.807) is 0 Å². The highest BCUT2D eigenvalue weighted by molar-refractivity contribution is 7.89. The minimum absolute atomic E-state index is 0.104. The number of anilines is 1. The number of nitrogens with zero attached hydrogens (tertiary/aromatic N) is 1. The zero-order valence-corrected chi connectivity index (χ0v) is 15.3. The Morgan fingerprint density at radius 3 is 2.76 bits per heavy atom. The quantitative estimate of drug-likeness (QED) is 0.890. The van der Waals surface area contributed by atoms with Crippen molar-refractivity contribution in [2.75, 3.05) is 24.2 Å². The maximum absolute atomic E-state index is 12.7. The molecule has 25 heavy (non-hydrogen) atoms. The molecule has 3 rings (SSSR count). The Morgan fingerprint density at radius 2 is 1.96 bits per heavy atom. The third-order valence-corrected chi connectivity index (χ3v) is 6.70. The molecule has 1 heterocycles. The van der Waals surface area contributed by atoms with Crippen molar-refractivity contribution in [2.45, 2.75) is 26.2 Å². The molecule has 1 amide bonds. The van der Waals surface area contributed by atoms with Crippen LogP contribution in [-0.2, 0) is 14.8 Å². The van der Waals surface area contributed by atoms with Crippen molar-refractivity contribution >= 4 is 32.4 Å². The van der Waals surface area contributed by atoms with Crippen LogP contribution in [0.5, 0.6) is 0 Å². The normalized spacial score (nSPS) is 19.0. The lowest BCUT2D eigenvalue weighted by Crippen LogP contribution is -2.44. The molecule has 1 unspecified atom stereocenters. The average molecular weight is 360 g/mol. The van der Waals surface area contributed by atoms with E-state index in [0.29, 0.717) is 13.0 Å². The fraction of sp³-hybridized carbons (Fsp3) is 0.421. The van der Waals surface area contributed by atoms with Crippen molar-refractivity contribution in [3.05, 3.63) is 42.5 Å². The highest BCUT2D eigenvalue weighted by Gasteiger charge is 2.31. The van der Waals surface area contributed by atoms with E-state index < -0.39 is 10.0 Å². The van der Waals surface area contributed by atoms with E-state index in [-0.39, 0.29) is 24.1 Å². The minimum atomic E-state index is -3.25. The second kappa shape index (κ2) is 7.54. The molecule has 1 N–H and O–H groups in total. The number of amides is 1. The lowest BCUT2D eigenvalue weighted by molar-refractivity contribution is -0.120. The molecule has 1 saturated heterocycles. The van der Waals surface area contributed by atoms with Gasteiger partial charge in [-0.3, -0.25) is 4.79 Å². The zero-order chi connectivity index (χ0) is 17.9. The lowest BCUT2D eigenvalue weighted by Gasteiger charge is -2.31. The summed E-state index contributed by atoms with van der Waals surface area (Å²) in [7, 11) is -3.25. The Bertz CT molecular complexity index is 859. The van der Waals surface area contributed by atoms with Gasteiger partial charge in [0.2, 0.25) is 15.9 Å². The molecule has 0 aromatic heterocycles. The molecule has 0 saturated carbocycles. The monoisotopic (exact) mass is 360 g/mol. The van der Waals surface area contributed by atoms with Crippen molar-refractivity contribution in [1.82, 2.24) is 4.31 Å². The number of hydrogen-bond acceptors (Lipinski definition) is 3. The van der Waals surface area contributed by atoms with E-state index >= 15 is 0 Å². The van der Waals surface area contributed by atoms with Gasteiger partial charge in [0, 0.05) is 24.2 Å². The first-order chi connectivity index (χ1) is 12.0. The van der Waals surface area contributed by atoms with Gasteiger partial charge < -0.3 is 5.32 Å². The van der Waals surface area contributed by atoms with Crippen LogP contribution in [0.3, 0.4) is 0 Å². The van der Waals surface area contributed by atoms with E-state index in [1.165, 1.54) is 4.31 Å². The predicted molar refractivity (Wildman–Crippen MR) is 101 cm³/mol. The summed E-state index contributed by atoms with van der Waals surface area (Å²) in [4.78, 5) is 12.7. The molecule has 0 spiro atoms. The van der Waals surface area contributed by atoms with Crippen LogP contribution >= 0.6 is 0 Å². The van der Waals surface area contributed by atoms with E-state index in [2.05, 4.69) is 5.32 Å². The van der Waals surface area contributed by atoms with Crippen LogP contribution in [-0.4, -0.2) is 37.5 Å². The summed E-state index contributed by atoms with van der Waals surface area (Å²) < 4.78 is 26.0. The number of piperidine rings is 1. The van der Waals surface area contributed by atoms with Crippen molar-refractivity contribution in [1.29, 1.82) is 0 Å². The predicted octanol–water partition coefficient (Wildman–Crippen LogP) is 3.23. The van der Waals surface area contributed by atoms with Gasteiger partial charge in [0.1, 0.15) is 0 Å². The van der Waals surface area contributed by atoms with Crippen LogP contribution in [0.25, 0.3) is 10.8 Å². The molecule has 1 aliphatic rings. The molecule has 0 radical (unpaired) electrons. The van der Waals surface area contributed by atoms with Crippen LogP contribution in [0.15, 0.2) is 42.5 Å². The zero-order valence-electron chi connectivity index (χ0n) is 14.4. The maximum Gasteiger partial charge on any atom is 0.228 e. The van der Waals surface area contributed by atoms with E-state index in [0.717, 1.165) is 29.3 Å². The van der Waals surface area contributed by atoms with Crippen LogP contribution < -0.4 is 5.32 Å². The van der Waals surface area contributed by atoms with Crippen molar-refractivity contribution in [2.24, 2.45) is 5.92 Å². The van der Waals surface area contributed by atoms with Crippen LogP contribution in [0.1, 0.15) is 26.2 Å². The Hall–Kier alpha value is -1.92. The number of hydrogen-bond donors (Lipinski definition) is 1.